The van der Waals surface area contributed by atoms with Crippen LogP contribution >= 0.6 is 15.6 Å². The summed E-state index contributed by atoms with van der Waals surface area (Å²) in [5, 5.41) is 10.6. The van der Waals surface area contributed by atoms with E-state index in [1.807, 2.05) is 12.2 Å². The summed E-state index contributed by atoms with van der Waals surface area (Å²) in [6, 6.07) is 0. The number of hydrogen-bond donors (Lipinski definition) is 3. The molecule has 0 heterocycles. The molecule has 0 radical (unpaired) electrons. The summed E-state index contributed by atoms with van der Waals surface area (Å²) in [4.78, 5) is 72.9. The Morgan fingerprint density at radius 1 is 0.284 bits per heavy atom. The van der Waals surface area contributed by atoms with Crippen molar-refractivity contribution in [2.24, 2.45) is 0 Å². The number of phosphoric acid groups is 2. The molecule has 0 bridgehead atoms. The monoisotopic (exact) mass is 1470 g/mol. The number of allylic oxidation sites excluding steroid dienone is 24. The SMILES string of the molecule is CC/C=C\C/C=C\C/C=C\C/C=C\C/C=C\CCCCCC(=O)OCC(COP(=O)(O)OCC(O)COP(=O)(O)OCC(COC(=O)CCCCCCC/C=C\C/C=C\CCC)OC(=O)CCCCCCCCCCCCCCC)OC(=O)CCC/C=C\C/C=C\C/C=C\C/C=C\C/C=C\CC. The molecule has 5 unspecified atom stereocenters. The van der Waals surface area contributed by atoms with Gasteiger partial charge in [0.25, 0.3) is 0 Å². The van der Waals surface area contributed by atoms with Crippen molar-refractivity contribution in [2.45, 2.75) is 316 Å². The van der Waals surface area contributed by atoms with Crippen LogP contribution in [-0.4, -0.2) is 96.7 Å². The molecule has 0 aromatic heterocycles. The van der Waals surface area contributed by atoms with Crippen LogP contribution < -0.4 is 0 Å². The predicted octanol–water partition coefficient (Wildman–Crippen LogP) is 22.7. The lowest BCUT2D eigenvalue weighted by Crippen LogP contribution is -2.30. The molecule has 0 spiro atoms. The largest absolute Gasteiger partial charge is 0.472 e. The van der Waals surface area contributed by atoms with E-state index in [9.17, 15) is 43.2 Å². The highest BCUT2D eigenvalue weighted by Gasteiger charge is 2.30. The zero-order valence-corrected chi connectivity index (χ0v) is 65.3. The number of aliphatic hydroxyl groups is 1. The number of carbonyl (C=O) groups excluding carboxylic acids is 4. The summed E-state index contributed by atoms with van der Waals surface area (Å²) >= 11 is 0. The van der Waals surface area contributed by atoms with Crippen LogP contribution in [0, 0.1) is 0 Å². The van der Waals surface area contributed by atoms with Crippen molar-refractivity contribution in [3.05, 3.63) is 146 Å². The first-order valence-electron chi connectivity index (χ1n) is 39.1. The van der Waals surface area contributed by atoms with Crippen LogP contribution in [0.25, 0.3) is 0 Å². The molecule has 3 N–H and O–H groups in total. The molecule has 0 aromatic rings. The van der Waals surface area contributed by atoms with Gasteiger partial charge in [0.2, 0.25) is 0 Å². The standard InChI is InChI=1S/C83H138O17P2/c1-5-9-13-17-21-25-29-33-35-37-38-40-41-45-48-52-56-60-64-68-81(86)94-74-79(100-83(88)70-66-62-58-54-50-46-42-39-36-34-30-26-22-18-14-10-6-2)76-98-102(91,92)96-72-77(84)71-95-101(89,90)97-75-78(99-82(87)69-65-61-57-53-49-44-32-28-24-20-16-12-8-4)73-93-80(85)67-63-59-55-51-47-43-31-27-23-19-15-11-7-3/h9-10,13-15,19,21-22,25-27,31,33-36,38,40,42,45-46,48,54,58,77-79,84H,5-8,11-12,16-18,20,23-24,28-30,32,37,39,41,43-44,47,49-53,55-57,59-76H2,1-4H3,(H,89,90)(H,91,92)/b13-9-,14-10-,19-15-,25-21-,26-22-,31-27-,35-33-,36-34-,40-38-,46-42-,48-45-,58-54-. The number of unbranched alkanes of at least 4 members (excludes halogenated alkanes) is 22. The number of rotatable bonds is 72. The number of ether oxygens (including phenoxy) is 4. The molecule has 0 rings (SSSR count). The van der Waals surface area contributed by atoms with Gasteiger partial charge in [-0.3, -0.25) is 37.3 Å². The Morgan fingerprint density at radius 2 is 0.539 bits per heavy atom. The van der Waals surface area contributed by atoms with Gasteiger partial charge in [-0.05, 0) is 135 Å². The summed E-state index contributed by atoms with van der Waals surface area (Å²) in [6.07, 6.45) is 84.1. The van der Waals surface area contributed by atoms with E-state index in [0.29, 0.717) is 32.1 Å². The van der Waals surface area contributed by atoms with Crippen LogP contribution in [-0.2, 0) is 65.4 Å². The van der Waals surface area contributed by atoms with Gasteiger partial charge in [0.1, 0.15) is 19.3 Å². The van der Waals surface area contributed by atoms with Crippen LogP contribution in [0.15, 0.2) is 146 Å². The molecule has 582 valence electrons. The molecule has 0 aliphatic carbocycles. The second-order valence-corrected chi connectivity index (χ2v) is 28.4. The van der Waals surface area contributed by atoms with Crippen molar-refractivity contribution >= 4 is 39.5 Å². The van der Waals surface area contributed by atoms with E-state index in [4.69, 9.17) is 37.0 Å². The van der Waals surface area contributed by atoms with E-state index in [2.05, 4.69) is 161 Å². The minimum absolute atomic E-state index is 0.00446. The highest BCUT2D eigenvalue weighted by atomic mass is 31.2. The van der Waals surface area contributed by atoms with Gasteiger partial charge in [0.05, 0.1) is 26.4 Å². The third kappa shape index (κ3) is 73.3. The summed E-state index contributed by atoms with van der Waals surface area (Å²) < 4.78 is 68.4. The molecule has 0 saturated heterocycles. The summed E-state index contributed by atoms with van der Waals surface area (Å²) in [6.45, 7) is 4.46. The molecule has 0 aromatic carbocycles. The summed E-state index contributed by atoms with van der Waals surface area (Å²) in [5.74, 6) is -2.30. The van der Waals surface area contributed by atoms with E-state index >= 15 is 0 Å². The Balaban J connectivity index is 5.45. The fraction of sp³-hybridized carbons (Fsp3) is 0.663. The third-order valence-electron chi connectivity index (χ3n) is 15.8. The highest BCUT2D eigenvalue weighted by Crippen LogP contribution is 2.45. The lowest BCUT2D eigenvalue weighted by atomic mass is 10.0. The third-order valence-corrected chi connectivity index (χ3v) is 17.7. The molecule has 0 amide bonds. The van der Waals surface area contributed by atoms with Gasteiger partial charge in [0, 0.05) is 25.7 Å². The van der Waals surface area contributed by atoms with Crippen LogP contribution in [0.4, 0.5) is 0 Å². The van der Waals surface area contributed by atoms with Crippen molar-refractivity contribution in [2.75, 3.05) is 39.6 Å². The first-order chi connectivity index (χ1) is 49.7. The van der Waals surface area contributed by atoms with Gasteiger partial charge < -0.3 is 33.8 Å². The number of phosphoric ester groups is 2. The number of hydrogen-bond acceptors (Lipinski definition) is 15. The Hall–Kier alpha value is -5.06. The van der Waals surface area contributed by atoms with Crippen LogP contribution in [0.1, 0.15) is 297 Å². The van der Waals surface area contributed by atoms with Crippen molar-refractivity contribution < 1.29 is 80.2 Å². The molecule has 0 fully saturated rings. The van der Waals surface area contributed by atoms with Crippen molar-refractivity contribution in [1.82, 2.24) is 0 Å². The van der Waals surface area contributed by atoms with Crippen molar-refractivity contribution in [1.29, 1.82) is 0 Å². The van der Waals surface area contributed by atoms with Crippen LogP contribution in [0.5, 0.6) is 0 Å². The maximum Gasteiger partial charge on any atom is 0.472 e. The number of aliphatic hydroxyl groups excluding tert-OH is 1. The summed E-state index contributed by atoms with van der Waals surface area (Å²) in [5.41, 5.74) is 0. The van der Waals surface area contributed by atoms with Crippen LogP contribution in [0.2, 0.25) is 0 Å². The molecule has 102 heavy (non-hydrogen) atoms. The van der Waals surface area contributed by atoms with E-state index in [1.54, 1.807) is 0 Å². The zero-order valence-electron chi connectivity index (χ0n) is 63.5. The number of esters is 4. The van der Waals surface area contributed by atoms with E-state index in [1.165, 1.54) is 51.4 Å². The lowest BCUT2D eigenvalue weighted by molar-refractivity contribution is -0.161. The average Bonchev–Trinajstić information content (AvgIpc) is 0.923. The van der Waals surface area contributed by atoms with E-state index in [-0.39, 0.29) is 25.7 Å². The maximum absolute atomic E-state index is 13.1. The second kappa shape index (κ2) is 74.2. The Morgan fingerprint density at radius 3 is 0.873 bits per heavy atom. The molecule has 0 aliphatic rings. The van der Waals surface area contributed by atoms with Gasteiger partial charge in [-0.1, -0.05) is 283 Å². The zero-order chi connectivity index (χ0) is 74.6. The Labute approximate surface area is 617 Å². The maximum atomic E-state index is 13.1. The highest BCUT2D eigenvalue weighted by molar-refractivity contribution is 7.47. The molecular formula is C83H138O17P2. The Kier molecular flexibility index (Phi) is 70.5. The van der Waals surface area contributed by atoms with Gasteiger partial charge in [-0.15, -0.1) is 0 Å². The topological polar surface area (TPSA) is 237 Å². The normalized spacial score (nSPS) is 14.7. The molecule has 19 heteroatoms. The molecule has 0 aliphatic heterocycles. The van der Waals surface area contributed by atoms with Crippen molar-refractivity contribution in [3.63, 3.8) is 0 Å². The summed E-state index contributed by atoms with van der Waals surface area (Å²) in [7, 11) is -9.99. The minimum atomic E-state index is -5.00. The van der Waals surface area contributed by atoms with Gasteiger partial charge in [-0.25, -0.2) is 9.13 Å². The number of carbonyl (C=O) groups is 4. The van der Waals surface area contributed by atoms with Gasteiger partial charge in [-0.2, -0.15) is 0 Å². The second-order valence-electron chi connectivity index (χ2n) is 25.5. The fourth-order valence-electron chi connectivity index (χ4n) is 9.91. The molecule has 0 saturated carbocycles. The van der Waals surface area contributed by atoms with E-state index < -0.39 is 97.5 Å². The quantitative estimate of drug-likeness (QED) is 0.0169. The van der Waals surface area contributed by atoms with Gasteiger partial charge >= 0.3 is 39.5 Å². The molecular weight excluding hydrogens is 1330 g/mol. The fourth-order valence-corrected chi connectivity index (χ4v) is 11.5. The average molecular weight is 1470 g/mol. The predicted molar refractivity (Wildman–Crippen MR) is 417 cm³/mol. The van der Waals surface area contributed by atoms with Gasteiger partial charge in [0.15, 0.2) is 12.2 Å². The minimum Gasteiger partial charge on any atom is -0.462 e. The lowest BCUT2D eigenvalue weighted by Gasteiger charge is -2.21. The first-order valence-corrected chi connectivity index (χ1v) is 42.1. The first kappa shape index (κ1) is 96.9. The van der Waals surface area contributed by atoms with E-state index in [0.717, 1.165) is 161 Å². The van der Waals surface area contributed by atoms with Crippen LogP contribution in [0.3, 0.4) is 0 Å². The molecule has 5 atom stereocenters. The smallest absolute Gasteiger partial charge is 0.462 e. The Bertz CT molecular complexity index is 2510. The van der Waals surface area contributed by atoms with Crippen molar-refractivity contribution in [3.8, 4) is 0 Å². The molecule has 17 nitrogen and oxygen atoms in total.